The molecule has 7 nitrogen and oxygen atoms in total. The van der Waals surface area contributed by atoms with Crippen molar-refractivity contribution >= 4 is 56.9 Å². The van der Waals surface area contributed by atoms with E-state index in [0.29, 0.717) is 0 Å². The van der Waals surface area contributed by atoms with Gasteiger partial charge in [-0.15, -0.1) is 0 Å². The number of hydrogen-bond donors (Lipinski definition) is 3. The molecular weight excluding hydrogens is 347 g/mol. The molecule has 0 aliphatic carbocycles. The van der Waals surface area contributed by atoms with Crippen molar-refractivity contribution in [2.45, 2.75) is 4.90 Å². The summed E-state index contributed by atoms with van der Waals surface area (Å²) in [5.41, 5.74) is -2.05. The quantitative estimate of drug-likeness (QED) is 0.564. The third-order valence-electron chi connectivity index (χ3n) is 1.96. The lowest BCUT2D eigenvalue weighted by atomic mass is 10.1. The van der Waals surface area contributed by atoms with Gasteiger partial charge >= 0.3 is 11.9 Å². The molecule has 19 heavy (non-hydrogen) atoms. The van der Waals surface area contributed by atoms with Gasteiger partial charge in [-0.2, -0.15) is 8.42 Å². The molecule has 0 aliphatic heterocycles. The number of rotatable bonds is 3. The SMILES string of the molecule is O=C(O)c1c(Cl)c(Cl)c(S(=O)(=O)O)c(C(=O)O)c1Cl. The lowest BCUT2D eigenvalue weighted by Gasteiger charge is -2.12. The smallest absolute Gasteiger partial charge is 0.338 e. The molecule has 0 radical (unpaired) electrons. The second-order valence-corrected chi connectivity index (χ2v) is 5.60. The van der Waals surface area contributed by atoms with Crippen LogP contribution in [0.4, 0.5) is 0 Å². The molecule has 1 rings (SSSR count). The van der Waals surface area contributed by atoms with Gasteiger partial charge in [0, 0.05) is 0 Å². The van der Waals surface area contributed by atoms with E-state index in [-0.39, 0.29) is 0 Å². The van der Waals surface area contributed by atoms with Crippen molar-refractivity contribution in [1.82, 2.24) is 0 Å². The zero-order chi connectivity index (χ0) is 15.1. The number of carbonyl (C=O) groups is 2. The average molecular weight is 350 g/mol. The zero-order valence-electron chi connectivity index (χ0n) is 8.52. The van der Waals surface area contributed by atoms with E-state index in [1.807, 2.05) is 0 Å². The Morgan fingerprint density at radius 2 is 1.26 bits per heavy atom. The van der Waals surface area contributed by atoms with Crippen molar-refractivity contribution in [3.8, 4) is 0 Å². The van der Waals surface area contributed by atoms with E-state index in [1.54, 1.807) is 0 Å². The number of carboxylic acid groups (broad SMARTS) is 2. The molecule has 0 saturated heterocycles. The minimum Gasteiger partial charge on any atom is -0.478 e. The first-order chi connectivity index (χ1) is 8.50. The predicted octanol–water partition coefficient (Wildman–Crippen LogP) is 2.29. The summed E-state index contributed by atoms with van der Waals surface area (Å²) < 4.78 is 31.2. The van der Waals surface area contributed by atoms with Crippen molar-refractivity contribution in [2.24, 2.45) is 0 Å². The number of carboxylic acids is 2. The fourth-order valence-electron chi connectivity index (χ4n) is 1.26. The largest absolute Gasteiger partial charge is 0.478 e. The molecular formula is C8H3Cl3O7S. The van der Waals surface area contributed by atoms with Crippen LogP contribution in [0.2, 0.25) is 15.1 Å². The van der Waals surface area contributed by atoms with Crippen LogP contribution in [0.5, 0.6) is 0 Å². The first-order valence-corrected chi connectivity index (χ1v) is 6.72. The van der Waals surface area contributed by atoms with Crippen molar-refractivity contribution in [1.29, 1.82) is 0 Å². The van der Waals surface area contributed by atoms with Crippen LogP contribution in [0.25, 0.3) is 0 Å². The van der Waals surface area contributed by atoms with Crippen LogP contribution in [0, 0.1) is 0 Å². The van der Waals surface area contributed by atoms with E-state index in [4.69, 9.17) is 49.6 Å². The fourth-order valence-corrected chi connectivity index (χ4v) is 3.30. The Morgan fingerprint density at radius 3 is 1.58 bits per heavy atom. The summed E-state index contributed by atoms with van der Waals surface area (Å²) in [6.45, 7) is 0. The summed E-state index contributed by atoms with van der Waals surface area (Å²) in [6, 6.07) is 0. The third kappa shape index (κ3) is 2.77. The highest BCUT2D eigenvalue weighted by Crippen LogP contribution is 2.40. The Bertz CT molecular complexity index is 695. The maximum atomic E-state index is 11.1. The number of aromatic carboxylic acids is 2. The zero-order valence-corrected chi connectivity index (χ0v) is 11.6. The van der Waals surface area contributed by atoms with Gasteiger partial charge in [0.05, 0.1) is 20.6 Å². The van der Waals surface area contributed by atoms with Gasteiger partial charge in [0.15, 0.2) is 0 Å². The van der Waals surface area contributed by atoms with Crippen molar-refractivity contribution in [3.05, 3.63) is 26.2 Å². The first-order valence-electron chi connectivity index (χ1n) is 4.14. The molecule has 0 aromatic heterocycles. The first kappa shape index (κ1) is 16.0. The van der Waals surface area contributed by atoms with E-state index >= 15 is 0 Å². The fraction of sp³-hybridized carbons (Fsp3) is 0. The van der Waals surface area contributed by atoms with Gasteiger partial charge in [-0.1, -0.05) is 34.8 Å². The summed E-state index contributed by atoms with van der Waals surface area (Å²) in [7, 11) is -5.07. The van der Waals surface area contributed by atoms with Crippen molar-refractivity contribution in [3.63, 3.8) is 0 Å². The molecule has 3 N–H and O–H groups in total. The Kier molecular flexibility index (Phi) is 4.33. The maximum Gasteiger partial charge on any atom is 0.338 e. The van der Waals surface area contributed by atoms with Crippen LogP contribution >= 0.6 is 34.8 Å². The van der Waals surface area contributed by atoms with Crippen molar-refractivity contribution in [2.75, 3.05) is 0 Å². The van der Waals surface area contributed by atoms with Gasteiger partial charge in [0.25, 0.3) is 10.1 Å². The van der Waals surface area contributed by atoms with Gasteiger partial charge in [-0.25, -0.2) is 9.59 Å². The Labute approximate surface area is 121 Å². The highest BCUT2D eigenvalue weighted by atomic mass is 35.5. The molecule has 1 aromatic rings. The van der Waals surface area contributed by atoms with Crippen LogP contribution in [0.3, 0.4) is 0 Å². The second-order valence-electron chi connectivity index (χ2n) is 3.11. The van der Waals surface area contributed by atoms with E-state index < -0.39 is 53.1 Å². The van der Waals surface area contributed by atoms with Crippen LogP contribution in [0.15, 0.2) is 4.90 Å². The monoisotopic (exact) mass is 348 g/mol. The molecule has 0 aliphatic rings. The molecule has 0 bridgehead atoms. The summed E-state index contributed by atoms with van der Waals surface area (Å²) in [6.07, 6.45) is 0. The molecule has 0 fully saturated rings. The lowest BCUT2D eigenvalue weighted by molar-refractivity contribution is 0.0692. The minimum atomic E-state index is -5.07. The lowest BCUT2D eigenvalue weighted by Crippen LogP contribution is -2.14. The van der Waals surface area contributed by atoms with E-state index in [2.05, 4.69) is 0 Å². The molecule has 0 atom stereocenters. The Balaban J connectivity index is 4.09. The highest BCUT2D eigenvalue weighted by molar-refractivity contribution is 7.86. The van der Waals surface area contributed by atoms with Crippen molar-refractivity contribution < 1.29 is 32.8 Å². The van der Waals surface area contributed by atoms with Crippen LogP contribution < -0.4 is 0 Å². The Morgan fingerprint density at radius 1 is 0.842 bits per heavy atom. The van der Waals surface area contributed by atoms with Crippen LogP contribution in [0.1, 0.15) is 20.7 Å². The number of hydrogen-bond acceptors (Lipinski definition) is 4. The molecule has 11 heteroatoms. The van der Waals surface area contributed by atoms with Gasteiger partial charge in [0.1, 0.15) is 10.5 Å². The number of benzene rings is 1. The van der Waals surface area contributed by atoms with E-state index in [1.165, 1.54) is 0 Å². The standard InChI is InChI=1S/C8H3Cl3O7S/c9-3-1(7(12)13)4(10)5(11)6(19(16,17)18)2(3)8(14)15/h(H,12,13)(H,14,15)(H,16,17,18). The normalized spacial score (nSPS) is 11.4. The molecule has 104 valence electrons. The van der Waals surface area contributed by atoms with Gasteiger partial charge in [0.2, 0.25) is 0 Å². The van der Waals surface area contributed by atoms with Gasteiger partial charge in [-0.3, -0.25) is 4.55 Å². The second kappa shape index (κ2) is 5.14. The molecule has 0 amide bonds. The summed E-state index contributed by atoms with van der Waals surface area (Å²) in [5, 5.41) is 15.0. The topological polar surface area (TPSA) is 129 Å². The predicted molar refractivity (Wildman–Crippen MR) is 65.2 cm³/mol. The third-order valence-corrected chi connectivity index (χ3v) is 4.23. The van der Waals surface area contributed by atoms with Crippen LogP contribution in [-0.2, 0) is 10.1 Å². The van der Waals surface area contributed by atoms with Crippen LogP contribution in [-0.4, -0.2) is 35.1 Å². The summed E-state index contributed by atoms with van der Waals surface area (Å²) in [4.78, 5) is 20.6. The van der Waals surface area contributed by atoms with E-state index in [0.717, 1.165) is 0 Å². The Hall–Kier alpha value is -1.06. The molecule has 0 saturated carbocycles. The van der Waals surface area contributed by atoms with E-state index in [9.17, 15) is 18.0 Å². The summed E-state index contributed by atoms with van der Waals surface area (Å²) >= 11 is 16.5. The molecule has 0 heterocycles. The molecule has 1 aromatic carbocycles. The average Bonchev–Trinajstić information content (AvgIpc) is 2.20. The highest BCUT2D eigenvalue weighted by Gasteiger charge is 2.33. The number of halogens is 3. The minimum absolute atomic E-state index is 0.795. The summed E-state index contributed by atoms with van der Waals surface area (Å²) in [5.74, 6) is -3.60. The van der Waals surface area contributed by atoms with Gasteiger partial charge < -0.3 is 10.2 Å². The molecule has 0 unspecified atom stereocenters. The van der Waals surface area contributed by atoms with Gasteiger partial charge in [-0.05, 0) is 0 Å². The maximum absolute atomic E-state index is 11.1. The molecule has 0 spiro atoms.